The van der Waals surface area contributed by atoms with Gasteiger partial charge in [-0.3, -0.25) is 9.59 Å². The largest absolute Gasteiger partial charge is 0.454 e. The number of ketones is 1. The molecule has 4 nitrogen and oxygen atoms in total. The number of aromatic nitrogens is 1. The maximum Gasteiger partial charge on any atom is 0.312 e. The highest BCUT2D eigenvalue weighted by molar-refractivity contribution is 6.10. The van der Waals surface area contributed by atoms with Crippen molar-refractivity contribution in [1.82, 2.24) is 4.98 Å². The van der Waals surface area contributed by atoms with Gasteiger partial charge in [0.05, 0.1) is 5.41 Å². The maximum absolute atomic E-state index is 13.1. The Morgan fingerprint density at radius 3 is 2.35 bits per heavy atom. The summed E-state index contributed by atoms with van der Waals surface area (Å²) in [6.07, 6.45) is 7.74. The number of para-hydroxylation sites is 1. The van der Waals surface area contributed by atoms with Crippen LogP contribution in [-0.4, -0.2) is 22.8 Å². The lowest BCUT2D eigenvalue weighted by molar-refractivity contribution is -0.174. The molecule has 0 saturated heterocycles. The fourth-order valence-corrected chi connectivity index (χ4v) is 6.19. The summed E-state index contributed by atoms with van der Waals surface area (Å²) >= 11 is 0. The van der Waals surface area contributed by atoms with E-state index >= 15 is 0 Å². The lowest BCUT2D eigenvalue weighted by Crippen LogP contribution is -2.51. The lowest BCUT2D eigenvalue weighted by atomic mass is 9.49. The molecule has 0 aliphatic heterocycles. The van der Waals surface area contributed by atoms with E-state index in [1.54, 1.807) is 13.1 Å². The SMILES string of the molecule is C[C@@H](OC(=O)C12CC3CC(CC(C3)C1)C2)C(=O)c1c[nH]c2ccccc12. The summed E-state index contributed by atoms with van der Waals surface area (Å²) in [6, 6.07) is 7.72. The molecule has 1 aromatic heterocycles. The van der Waals surface area contributed by atoms with E-state index in [-0.39, 0.29) is 17.2 Å². The number of esters is 1. The zero-order valence-electron chi connectivity index (χ0n) is 15.2. The van der Waals surface area contributed by atoms with E-state index < -0.39 is 6.10 Å². The smallest absolute Gasteiger partial charge is 0.312 e. The summed E-state index contributed by atoms with van der Waals surface area (Å²) in [6.45, 7) is 1.71. The van der Waals surface area contributed by atoms with Gasteiger partial charge in [0.25, 0.3) is 0 Å². The Labute approximate surface area is 153 Å². The van der Waals surface area contributed by atoms with E-state index in [0.717, 1.165) is 30.2 Å². The molecule has 0 unspecified atom stereocenters. The van der Waals surface area contributed by atoms with Crippen molar-refractivity contribution in [2.45, 2.75) is 51.6 Å². The number of benzene rings is 1. The van der Waals surface area contributed by atoms with Gasteiger partial charge in [-0.2, -0.15) is 0 Å². The Morgan fingerprint density at radius 1 is 1.08 bits per heavy atom. The molecule has 4 heteroatoms. The van der Waals surface area contributed by atoms with Crippen molar-refractivity contribution in [3.05, 3.63) is 36.0 Å². The molecule has 0 amide bonds. The summed E-state index contributed by atoms with van der Waals surface area (Å²) in [7, 11) is 0. The van der Waals surface area contributed by atoms with Gasteiger partial charge in [-0.05, 0) is 69.3 Å². The maximum atomic E-state index is 13.1. The molecule has 4 saturated carbocycles. The highest BCUT2D eigenvalue weighted by Gasteiger charge is 2.55. The number of Topliss-reactive ketones (excluding diaryl/α,β-unsaturated/α-hetero) is 1. The van der Waals surface area contributed by atoms with E-state index in [2.05, 4.69) is 4.98 Å². The van der Waals surface area contributed by atoms with Crippen molar-refractivity contribution in [3.63, 3.8) is 0 Å². The minimum Gasteiger partial charge on any atom is -0.454 e. The van der Waals surface area contributed by atoms with Crippen molar-refractivity contribution in [1.29, 1.82) is 0 Å². The van der Waals surface area contributed by atoms with E-state index in [9.17, 15) is 9.59 Å². The van der Waals surface area contributed by atoms with Crippen molar-refractivity contribution in [2.24, 2.45) is 23.2 Å². The van der Waals surface area contributed by atoms with E-state index in [0.29, 0.717) is 23.3 Å². The Bertz CT molecular complexity index is 845. The molecule has 26 heavy (non-hydrogen) atoms. The quantitative estimate of drug-likeness (QED) is 0.652. The minimum atomic E-state index is -0.741. The second-order valence-corrected chi connectivity index (χ2v) is 8.86. The van der Waals surface area contributed by atoms with Gasteiger partial charge in [-0.1, -0.05) is 18.2 Å². The summed E-state index contributed by atoms with van der Waals surface area (Å²) in [4.78, 5) is 29.1. The number of nitrogens with one attached hydrogen (secondary N) is 1. The minimum absolute atomic E-state index is 0.125. The highest BCUT2D eigenvalue weighted by atomic mass is 16.5. The Hall–Kier alpha value is -2.10. The van der Waals surface area contributed by atoms with Crippen molar-refractivity contribution < 1.29 is 14.3 Å². The summed E-state index contributed by atoms with van der Waals surface area (Å²) < 4.78 is 5.77. The summed E-state index contributed by atoms with van der Waals surface area (Å²) in [5.41, 5.74) is 1.21. The van der Waals surface area contributed by atoms with Crippen LogP contribution in [-0.2, 0) is 9.53 Å². The van der Waals surface area contributed by atoms with Crippen LogP contribution in [0.25, 0.3) is 10.9 Å². The molecule has 1 N–H and O–H groups in total. The van der Waals surface area contributed by atoms with Crippen LogP contribution in [0, 0.1) is 23.2 Å². The number of hydrogen-bond donors (Lipinski definition) is 1. The van der Waals surface area contributed by atoms with Gasteiger partial charge in [-0.15, -0.1) is 0 Å². The fourth-order valence-electron chi connectivity index (χ4n) is 6.19. The molecular weight excluding hydrogens is 326 g/mol. The standard InChI is InChI=1S/C22H25NO3/c1-13(20(24)18-12-23-19-5-3-2-4-17(18)19)26-21(25)22-9-14-6-15(10-22)8-16(7-14)11-22/h2-5,12-16,23H,6-11H2,1H3/t13-,14?,15?,16?,22?/m1/s1. The van der Waals surface area contributed by atoms with Crippen molar-refractivity contribution in [2.75, 3.05) is 0 Å². The third-order valence-electron chi connectivity index (χ3n) is 6.98. The van der Waals surface area contributed by atoms with Crippen LogP contribution in [0.5, 0.6) is 0 Å². The van der Waals surface area contributed by atoms with Gasteiger partial charge in [0.15, 0.2) is 6.10 Å². The number of carbonyl (C=O) groups is 2. The van der Waals surface area contributed by atoms with Gasteiger partial charge >= 0.3 is 5.97 Å². The van der Waals surface area contributed by atoms with Crippen LogP contribution < -0.4 is 0 Å². The molecule has 0 radical (unpaired) electrons. The van der Waals surface area contributed by atoms with Crippen LogP contribution in [0.1, 0.15) is 55.8 Å². The normalized spacial score (nSPS) is 33.3. The zero-order valence-corrected chi connectivity index (χ0v) is 15.2. The lowest BCUT2D eigenvalue weighted by Gasteiger charge is -2.55. The van der Waals surface area contributed by atoms with Crippen LogP contribution >= 0.6 is 0 Å². The van der Waals surface area contributed by atoms with Crippen LogP contribution in [0.3, 0.4) is 0 Å². The monoisotopic (exact) mass is 351 g/mol. The number of ether oxygens (including phenoxy) is 1. The number of rotatable bonds is 4. The first-order chi connectivity index (χ1) is 12.5. The van der Waals surface area contributed by atoms with Gasteiger partial charge in [0, 0.05) is 22.7 Å². The van der Waals surface area contributed by atoms with Gasteiger partial charge in [0.2, 0.25) is 5.78 Å². The molecule has 4 aliphatic rings. The first-order valence-electron chi connectivity index (χ1n) is 9.85. The predicted molar refractivity (Wildman–Crippen MR) is 98.8 cm³/mol. The number of fused-ring (bicyclic) bond motifs is 1. The molecule has 0 spiro atoms. The second-order valence-electron chi connectivity index (χ2n) is 8.86. The highest BCUT2D eigenvalue weighted by Crippen LogP contribution is 2.60. The third-order valence-corrected chi connectivity index (χ3v) is 6.98. The van der Waals surface area contributed by atoms with Crippen LogP contribution in [0.2, 0.25) is 0 Å². The Kier molecular flexibility index (Phi) is 3.53. The van der Waals surface area contributed by atoms with E-state index in [1.165, 1.54) is 19.3 Å². The average molecular weight is 351 g/mol. The summed E-state index contributed by atoms with van der Waals surface area (Å²) in [5, 5.41) is 0.884. The van der Waals surface area contributed by atoms with Gasteiger partial charge < -0.3 is 9.72 Å². The second kappa shape index (κ2) is 5.70. The third kappa shape index (κ3) is 2.42. The molecule has 2 aromatic rings. The molecule has 1 heterocycles. The first kappa shape index (κ1) is 16.1. The van der Waals surface area contributed by atoms with Crippen molar-refractivity contribution >= 4 is 22.7 Å². The zero-order chi connectivity index (χ0) is 17.9. The molecule has 4 aliphatic carbocycles. The van der Waals surface area contributed by atoms with Crippen molar-refractivity contribution in [3.8, 4) is 0 Å². The number of hydrogen-bond acceptors (Lipinski definition) is 3. The topological polar surface area (TPSA) is 59.2 Å². The van der Waals surface area contributed by atoms with E-state index in [4.69, 9.17) is 4.74 Å². The Morgan fingerprint density at radius 2 is 1.69 bits per heavy atom. The molecule has 4 fully saturated rings. The molecule has 4 bridgehead atoms. The molecule has 1 aromatic carbocycles. The number of aromatic amines is 1. The number of carbonyl (C=O) groups excluding carboxylic acids is 2. The average Bonchev–Trinajstić information content (AvgIpc) is 3.04. The number of H-pyrrole nitrogens is 1. The molecule has 6 rings (SSSR count). The van der Waals surface area contributed by atoms with Gasteiger partial charge in [0.1, 0.15) is 0 Å². The van der Waals surface area contributed by atoms with E-state index in [1.807, 2.05) is 24.3 Å². The first-order valence-corrected chi connectivity index (χ1v) is 9.85. The molecular formula is C22H25NO3. The molecule has 1 atom stereocenters. The van der Waals surface area contributed by atoms with Gasteiger partial charge in [-0.25, -0.2) is 0 Å². The summed E-state index contributed by atoms with van der Waals surface area (Å²) in [5.74, 6) is 1.81. The van der Waals surface area contributed by atoms with Crippen LogP contribution in [0.4, 0.5) is 0 Å². The predicted octanol–water partition coefficient (Wildman–Crippen LogP) is 4.50. The Balaban J connectivity index is 1.34. The fraction of sp³-hybridized carbons (Fsp3) is 0.545. The van der Waals surface area contributed by atoms with Crippen LogP contribution in [0.15, 0.2) is 30.5 Å². The molecule has 136 valence electrons.